The van der Waals surface area contributed by atoms with Crippen LogP contribution in [-0.4, -0.2) is 40.9 Å². The first-order valence-electron chi connectivity index (χ1n) is 14.0. The first kappa shape index (κ1) is 23.0. The maximum Gasteiger partial charge on any atom is 0.219 e. The minimum atomic E-state index is -0.120. The van der Waals surface area contributed by atoms with Crippen LogP contribution in [0, 0.1) is 35.0 Å². The van der Waals surface area contributed by atoms with E-state index in [0.29, 0.717) is 29.5 Å². The van der Waals surface area contributed by atoms with Crippen LogP contribution in [0.5, 0.6) is 0 Å². The third-order valence-corrected chi connectivity index (χ3v) is 11.5. The molecule has 34 heavy (non-hydrogen) atoms. The predicted molar refractivity (Wildman–Crippen MR) is 133 cm³/mol. The number of nitrogens with zero attached hydrogens (tertiary/aromatic N) is 1. The summed E-state index contributed by atoms with van der Waals surface area (Å²) in [6, 6.07) is 0.234. The molecule has 0 N–H and O–H groups in total. The van der Waals surface area contributed by atoms with Gasteiger partial charge in [-0.05, 0) is 93.5 Å². The maximum absolute atomic E-state index is 12.6. The number of carbonyl (C=O) groups excluding carboxylic acids is 2. The molecular weight excluding hydrogens is 422 g/mol. The van der Waals surface area contributed by atoms with Crippen LogP contribution in [-0.2, 0) is 14.3 Å². The number of ether oxygens (including phenoxy) is 1. The Balaban J connectivity index is 1.30. The zero-order valence-electron chi connectivity index (χ0n) is 21.9. The molecule has 6 aliphatic rings. The molecule has 9 atom stereocenters. The van der Waals surface area contributed by atoms with Gasteiger partial charge in [0.25, 0.3) is 0 Å². The third-order valence-electron chi connectivity index (χ3n) is 11.5. The maximum atomic E-state index is 12.6. The highest BCUT2D eigenvalue weighted by atomic mass is 16.5. The van der Waals surface area contributed by atoms with Gasteiger partial charge in [-0.15, -0.1) is 0 Å². The number of hydrogen-bond donors (Lipinski definition) is 0. The molecule has 0 aromatic heterocycles. The number of fused-ring (bicyclic) bond motifs is 6. The number of rotatable bonds is 0. The number of ketones is 1. The van der Waals surface area contributed by atoms with Crippen molar-refractivity contribution in [3.63, 3.8) is 0 Å². The van der Waals surface area contributed by atoms with Crippen LogP contribution < -0.4 is 0 Å². The summed E-state index contributed by atoms with van der Waals surface area (Å²) >= 11 is 0. The van der Waals surface area contributed by atoms with E-state index in [1.165, 1.54) is 24.8 Å². The summed E-state index contributed by atoms with van der Waals surface area (Å²) in [5, 5.41) is 0. The molecule has 4 heteroatoms. The number of amides is 1. The van der Waals surface area contributed by atoms with E-state index in [-0.39, 0.29) is 29.1 Å². The van der Waals surface area contributed by atoms with Gasteiger partial charge in [0.15, 0.2) is 5.78 Å². The average molecular weight is 466 g/mol. The van der Waals surface area contributed by atoms with Crippen molar-refractivity contribution in [2.24, 2.45) is 35.0 Å². The zero-order chi connectivity index (χ0) is 24.0. The highest BCUT2D eigenvalue weighted by Gasteiger charge is 2.59. The fourth-order valence-electron chi connectivity index (χ4n) is 9.71. The Bertz CT molecular complexity index is 980. The van der Waals surface area contributed by atoms with Crippen molar-refractivity contribution in [3.05, 3.63) is 22.8 Å². The molecule has 4 nitrogen and oxygen atoms in total. The second-order valence-corrected chi connectivity index (χ2v) is 13.2. The molecule has 1 spiro atoms. The molecule has 4 aliphatic carbocycles. The van der Waals surface area contributed by atoms with Gasteiger partial charge >= 0.3 is 0 Å². The van der Waals surface area contributed by atoms with Crippen molar-refractivity contribution in [2.75, 3.05) is 6.54 Å². The van der Waals surface area contributed by atoms with Gasteiger partial charge in [-0.3, -0.25) is 9.59 Å². The van der Waals surface area contributed by atoms with Gasteiger partial charge in [0.05, 0.1) is 17.7 Å². The van der Waals surface area contributed by atoms with E-state index in [4.69, 9.17) is 4.74 Å². The van der Waals surface area contributed by atoms with Crippen molar-refractivity contribution in [2.45, 2.75) is 110 Å². The minimum Gasteiger partial charge on any atom is -0.369 e. The average Bonchev–Trinajstić information content (AvgIpc) is 3.24. The number of likely N-dealkylation sites (tertiary alicyclic amines) is 1. The highest BCUT2D eigenvalue weighted by Crippen LogP contribution is 2.64. The number of carbonyl (C=O) groups is 2. The molecule has 0 radical (unpaired) electrons. The molecule has 2 saturated carbocycles. The van der Waals surface area contributed by atoms with Crippen molar-refractivity contribution in [1.82, 2.24) is 4.90 Å². The molecule has 2 heterocycles. The topological polar surface area (TPSA) is 46.6 Å². The summed E-state index contributed by atoms with van der Waals surface area (Å²) in [5.41, 5.74) is 4.86. The Hall–Kier alpha value is -1.42. The van der Waals surface area contributed by atoms with Crippen molar-refractivity contribution in [1.29, 1.82) is 0 Å². The standard InChI is InChI=1S/C30H43NO3/c1-17-12-27-28(31(16-17)20(4)32)19(3)30(34-27)11-9-23-24-7-6-21-13-22(33)8-10-29(21,5)26(24)14-25(23)18(2)15-30/h13,17,19,23-24,26-28H,6-12,14-16H2,1-5H3/t17-,19+,23-,24-,26-,27+,28-,29-,30-/m0/s1. The number of piperidine rings is 1. The smallest absolute Gasteiger partial charge is 0.219 e. The van der Waals surface area contributed by atoms with Gasteiger partial charge in [0.1, 0.15) is 0 Å². The van der Waals surface area contributed by atoms with Crippen LogP contribution in [0.15, 0.2) is 22.8 Å². The summed E-state index contributed by atoms with van der Waals surface area (Å²) in [5.74, 6) is 3.57. The summed E-state index contributed by atoms with van der Waals surface area (Å²) in [4.78, 5) is 26.8. The lowest BCUT2D eigenvalue weighted by atomic mass is 9.56. The number of hydrogen-bond acceptors (Lipinski definition) is 3. The Morgan fingerprint density at radius 3 is 2.74 bits per heavy atom. The van der Waals surface area contributed by atoms with E-state index in [1.54, 1.807) is 18.1 Å². The zero-order valence-corrected chi connectivity index (χ0v) is 21.9. The van der Waals surface area contributed by atoms with Crippen LogP contribution in [0.3, 0.4) is 0 Å². The van der Waals surface area contributed by atoms with E-state index >= 15 is 0 Å². The van der Waals surface area contributed by atoms with E-state index in [9.17, 15) is 9.59 Å². The van der Waals surface area contributed by atoms with Gasteiger partial charge in [-0.1, -0.05) is 37.5 Å². The minimum absolute atomic E-state index is 0.120. The van der Waals surface area contributed by atoms with Crippen LogP contribution in [0.25, 0.3) is 0 Å². The predicted octanol–water partition coefficient (Wildman–Crippen LogP) is 5.86. The Labute approximate surface area is 205 Å². The second-order valence-electron chi connectivity index (χ2n) is 13.2. The molecule has 4 fully saturated rings. The van der Waals surface area contributed by atoms with Gasteiger partial charge in [-0.25, -0.2) is 0 Å². The molecule has 0 aromatic rings. The normalized spacial score (nSPS) is 48.1. The first-order valence-corrected chi connectivity index (χ1v) is 14.0. The molecule has 186 valence electrons. The van der Waals surface area contributed by atoms with Crippen molar-refractivity contribution < 1.29 is 14.3 Å². The second kappa shape index (κ2) is 7.79. The molecule has 0 bridgehead atoms. The first-order chi connectivity index (χ1) is 16.1. The van der Waals surface area contributed by atoms with Crippen LogP contribution in [0.2, 0.25) is 0 Å². The van der Waals surface area contributed by atoms with E-state index in [1.807, 2.05) is 6.08 Å². The Morgan fingerprint density at radius 2 is 1.97 bits per heavy atom. The van der Waals surface area contributed by atoms with Gasteiger partial charge in [0.2, 0.25) is 5.91 Å². The molecule has 0 aromatic carbocycles. The fraction of sp³-hybridized carbons (Fsp3) is 0.800. The summed E-state index contributed by atoms with van der Waals surface area (Å²) in [6.07, 6.45) is 12.0. The Morgan fingerprint density at radius 1 is 1.18 bits per heavy atom. The summed E-state index contributed by atoms with van der Waals surface area (Å²) in [7, 11) is 0. The largest absolute Gasteiger partial charge is 0.369 e. The van der Waals surface area contributed by atoms with Gasteiger partial charge in [-0.2, -0.15) is 0 Å². The quantitative estimate of drug-likeness (QED) is 0.421. The SMILES string of the molecule is CC(=O)N1C[C@@H](C)C[C@H]2O[C@]3(CC[C@@H]4C(=C(C)C3)C[C@H]3[C@H]4CCC4=CC(=O)CC[C@@]43C)[C@H](C)[C@@H]21. The van der Waals surface area contributed by atoms with Crippen LogP contribution in [0.4, 0.5) is 0 Å². The van der Waals surface area contributed by atoms with Crippen molar-refractivity contribution in [3.8, 4) is 0 Å². The Kier molecular flexibility index (Phi) is 5.27. The lowest BCUT2D eigenvalue weighted by Crippen LogP contribution is -2.53. The van der Waals surface area contributed by atoms with Crippen molar-refractivity contribution >= 4 is 11.7 Å². The van der Waals surface area contributed by atoms with E-state index in [2.05, 4.69) is 32.6 Å². The summed E-state index contributed by atoms with van der Waals surface area (Å²) < 4.78 is 7.05. The van der Waals surface area contributed by atoms with Gasteiger partial charge < -0.3 is 9.64 Å². The van der Waals surface area contributed by atoms with E-state index < -0.39 is 0 Å². The molecule has 2 saturated heterocycles. The van der Waals surface area contributed by atoms with E-state index in [0.717, 1.165) is 51.0 Å². The summed E-state index contributed by atoms with van der Waals surface area (Å²) in [6.45, 7) is 12.1. The van der Waals surface area contributed by atoms with Crippen LogP contribution in [0.1, 0.15) is 92.4 Å². The molecular formula is C30H43NO3. The highest BCUT2D eigenvalue weighted by molar-refractivity contribution is 5.91. The van der Waals surface area contributed by atoms with Crippen LogP contribution >= 0.6 is 0 Å². The molecule has 6 rings (SSSR count). The molecule has 0 unspecified atom stereocenters. The molecule has 2 aliphatic heterocycles. The fourth-order valence-corrected chi connectivity index (χ4v) is 9.71. The lowest BCUT2D eigenvalue weighted by Gasteiger charge is -2.48. The number of allylic oxidation sites excluding steroid dienone is 3. The molecule has 1 amide bonds. The lowest BCUT2D eigenvalue weighted by molar-refractivity contribution is -0.137. The van der Waals surface area contributed by atoms with Gasteiger partial charge in [0, 0.05) is 25.8 Å². The third kappa shape index (κ3) is 3.19. The monoisotopic (exact) mass is 465 g/mol.